The van der Waals surface area contributed by atoms with Crippen molar-refractivity contribution >= 4 is 24.9 Å². The van der Waals surface area contributed by atoms with E-state index in [0.717, 1.165) is 12.1 Å². The third-order valence-corrected chi connectivity index (χ3v) is 3.60. The van der Waals surface area contributed by atoms with E-state index < -0.39 is 25.6 Å². The molecule has 1 unspecified atom stereocenters. The molecule has 0 heterocycles. The van der Waals surface area contributed by atoms with E-state index in [4.69, 9.17) is 4.89 Å². The molecule has 2 N–H and O–H groups in total. The molecule has 0 spiro atoms. The average Bonchev–Trinajstić information content (AvgIpc) is 2.42. The molecule has 0 saturated heterocycles. The van der Waals surface area contributed by atoms with Gasteiger partial charge in [0.15, 0.2) is 0 Å². The first-order valence-electron chi connectivity index (χ1n) is 6.03. The molecule has 110 valence electrons. The van der Waals surface area contributed by atoms with Crippen molar-refractivity contribution in [1.29, 1.82) is 0 Å². The number of hydrogen-bond donors (Lipinski definition) is 2. The van der Waals surface area contributed by atoms with Crippen LogP contribution in [0.5, 0.6) is 0 Å². The number of anilines is 1. The Morgan fingerprint density at radius 1 is 1.14 bits per heavy atom. The van der Waals surface area contributed by atoms with Gasteiger partial charge in [0.2, 0.25) is 13.9 Å². The highest BCUT2D eigenvalue weighted by Gasteiger charge is 2.09. The maximum absolute atomic E-state index is 13.4. The van der Waals surface area contributed by atoms with Crippen LogP contribution in [0.2, 0.25) is 0 Å². The number of benzene rings is 2. The highest BCUT2D eigenvalue weighted by Crippen LogP contribution is 2.16. The van der Waals surface area contributed by atoms with Gasteiger partial charge in [0.25, 0.3) is 0 Å². The second kappa shape index (κ2) is 6.61. The largest absolute Gasteiger partial charge is 0.343 e. The quantitative estimate of drug-likeness (QED) is 0.851. The van der Waals surface area contributed by atoms with Gasteiger partial charge in [-0.25, -0.2) is 8.78 Å². The zero-order valence-corrected chi connectivity index (χ0v) is 11.8. The minimum atomic E-state index is -2.75. The first kappa shape index (κ1) is 15.4. The fraction of sp³-hybridized carbons (Fsp3) is 0.0714. The molecule has 2 aromatic carbocycles. The minimum absolute atomic E-state index is 0.0243. The number of carbonyl (C=O) groups is 1. The lowest BCUT2D eigenvalue weighted by Gasteiger charge is -2.07. The molecule has 2 aromatic rings. The van der Waals surface area contributed by atoms with E-state index >= 15 is 0 Å². The fourth-order valence-corrected chi connectivity index (χ4v) is 2.19. The third-order valence-electron chi connectivity index (χ3n) is 2.77. The molecule has 2 rings (SSSR count). The van der Waals surface area contributed by atoms with E-state index in [1.165, 1.54) is 12.1 Å². The minimum Gasteiger partial charge on any atom is -0.343 e. The Labute approximate surface area is 120 Å². The Bertz CT molecular complexity index is 689. The highest BCUT2D eigenvalue weighted by molar-refractivity contribution is 7.47. The van der Waals surface area contributed by atoms with Gasteiger partial charge in [0, 0.05) is 11.4 Å². The molecular formula is C14H12F2NO3P. The van der Waals surface area contributed by atoms with Crippen molar-refractivity contribution in [3.8, 4) is 0 Å². The van der Waals surface area contributed by atoms with Crippen molar-refractivity contribution in [3.05, 3.63) is 59.7 Å². The van der Waals surface area contributed by atoms with Crippen molar-refractivity contribution in [1.82, 2.24) is 0 Å². The van der Waals surface area contributed by atoms with Gasteiger partial charge in [-0.05, 0) is 29.8 Å². The molecule has 0 radical (unpaired) electrons. The maximum atomic E-state index is 13.4. The number of carbonyl (C=O) groups excluding carboxylic acids is 1. The summed E-state index contributed by atoms with van der Waals surface area (Å²) in [5, 5.41) is 2.64. The Kier molecular flexibility index (Phi) is 4.83. The van der Waals surface area contributed by atoms with Gasteiger partial charge in [0.05, 0.1) is 12.1 Å². The lowest BCUT2D eigenvalue weighted by atomic mass is 10.1. The normalized spacial score (nSPS) is 12.0. The van der Waals surface area contributed by atoms with Crippen LogP contribution in [0.3, 0.4) is 0 Å². The summed E-state index contributed by atoms with van der Waals surface area (Å²) in [7, 11) is -2.75. The number of amides is 1. The summed E-state index contributed by atoms with van der Waals surface area (Å²) in [6.07, 6.45) is -0.0243. The molecule has 7 heteroatoms. The standard InChI is InChI=1S/C14H12F2NO3P/c15-10-3-6-13(12(16)8-10)17-14(18)7-9-1-4-11(5-2-9)21(19)20/h1-6,8,21H,7H2,(H,17,18)(H,19,20). The molecule has 0 aliphatic heterocycles. The molecule has 1 atom stereocenters. The molecule has 21 heavy (non-hydrogen) atoms. The van der Waals surface area contributed by atoms with Gasteiger partial charge >= 0.3 is 0 Å². The van der Waals surface area contributed by atoms with E-state index in [9.17, 15) is 18.1 Å². The summed E-state index contributed by atoms with van der Waals surface area (Å²) >= 11 is 0. The first-order valence-corrected chi connectivity index (χ1v) is 7.38. The van der Waals surface area contributed by atoms with E-state index in [2.05, 4.69) is 5.32 Å². The summed E-state index contributed by atoms with van der Waals surface area (Å²) in [4.78, 5) is 20.7. The smallest absolute Gasteiger partial charge is 0.228 e. The van der Waals surface area contributed by atoms with E-state index in [0.29, 0.717) is 16.9 Å². The molecule has 0 aliphatic carbocycles. The molecular weight excluding hydrogens is 299 g/mol. The van der Waals surface area contributed by atoms with Gasteiger partial charge in [-0.15, -0.1) is 0 Å². The maximum Gasteiger partial charge on any atom is 0.228 e. The predicted molar refractivity (Wildman–Crippen MR) is 76.0 cm³/mol. The average molecular weight is 311 g/mol. The van der Waals surface area contributed by atoms with Crippen LogP contribution in [0, 0.1) is 11.6 Å². The van der Waals surface area contributed by atoms with Gasteiger partial charge in [-0.2, -0.15) is 0 Å². The Hall–Kier alpha value is -2.04. The topological polar surface area (TPSA) is 66.4 Å². The van der Waals surface area contributed by atoms with Crippen LogP contribution in [-0.2, 0) is 15.8 Å². The number of hydrogen-bond acceptors (Lipinski definition) is 2. The molecule has 0 bridgehead atoms. The fourth-order valence-electron chi connectivity index (χ4n) is 1.74. The Morgan fingerprint density at radius 2 is 1.81 bits per heavy atom. The van der Waals surface area contributed by atoms with E-state index in [1.54, 1.807) is 12.1 Å². The van der Waals surface area contributed by atoms with Crippen molar-refractivity contribution in [2.45, 2.75) is 6.42 Å². The predicted octanol–water partition coefficient (Wildman–Crippen LogP) is 2.24. The summed E-state index contributed by atoms with van der Waals surface area (Å²) in [5.74, 6) is -2.04. The Balaban J connectivity index is 2.02. The van der Waals surface area contributed by atoms with Crippen molar-refractivity contribution < 1.29 is 23.0 Å². The summed E-state index contributed by atoms with van der Waals surface area (Å²) in [6, 6.07) is 8.90. The second-order valence-electron chi connectivity index (χ2n) is 4.35. The van der Waals surface area contributed by atoms with Crippen molar-refractivity contribution in [2.75, 3.05) is 5.32 Å². The second-order valence-corrected chi connectivity index (χ2v) is 5.54. The van der Waals surface area contributed by atoms with Crippen LogP contribution in [-0.4, -0.2) is 10.8 Å². The summed E-state index contributed by atoms with van der Waals surface area (Å²) in [6.45, 7) is 0. The SMILES string of the molecule is O=C(Cc1ccc([PH](=O)O)cc1)Nc1ccc(F)cc1F. The molecule has 0 aliphatic rings. The lowest BCUT2D eigenvalue weighted by molar-refractivity contribution is -0.115. The van der Waals surface area contributed by atoms with Crippen LogP contribution < -0.4 is 10.6 Å². The zero-order chi connectivity index (χ0) is 15.4. The molecule has 0 aromatic heterocycles. The van der Waals surface area contributed by atoms with Crippen LogP contribution in [0.25, 0.3) is 0 Å². The first-order chi connectivity index (χ1) is 9.95. The zero-order valence-electron chi connectivity index (χ0n) is 10.8. The van der Waals surface area contributed by atoms with Crippen molar-refractivity contribution in [2.24, 2.45) is 0 Å². The van der Waals surface area contributed by atoms with Crippen LogP contribution in [0.1, 0.15) is 5.56 Å². The molecule has 4 nitrogen and oxygen atoms in total. The van der Waals surface area contributed by atoms with E-state index in [1.807, 2.05) is 0 Å². The number of halogens is 2. The van der Waals surface area contributed by atoms with Gasteiger partial charge in [-0.3, -0.25) is 9.36 Å². The summed E-state index contributed by atoms with van der Waals surface area (Å²) in [5.41, 5.74) is 0.514. The summed E-state index contributed by atoms with van der Waals surface area (Å²) < 4.78 is 37.0. The van der Waals surface area contributed by atoms with E-state index in [-0.39, 0.29) is 12.1 Å². The Morgan fingerprint density at radius 3 is 2.38 bits per heavy atom. The van der Waals surface area contributed by atoms with Gasteiger partial charge in [-0.1, -0.05) is 12.1 Å². The van der Waals surface area contributed by atoms with Crippen LogP contribution in [0.4, 0.5) is 14.5 Å². The number of rotatable bonds is 4. The van der Waals surface area contributed by atoms with Gasteiger partial charge < -0.3 is 10.2 Å². The molecule has 0 fully saturated rings. The third kappa shape index (κ3) is 4.21. The monoisotopic (exact) mass is 311 g/mol. The van der Waals surface area contributed by atoms with Crippen LogP contribution >= 0.6 is 8.03 Å². The molecule has 1 amide bonds. The van der Waals surface area contributed by atoms with Crippen molar-refractivity contribution in [3.63, 3.8) is 0 Å². The molecule has 0 saturated carbocycles. The number of nitrogens with one attached hydrogen (secondary N) is 1. The lowest BCUT2D eigenvalue weighted by Crippen LogP contribution is -2.15. The van der Waals surface area contributed by atoms with Crippen LogP contribution in [0.15, 0.2) is 42.5 Å². The van der Waals surface area contributed by atoms with Gasteiger partial charge in [0.1, 0.15) is 11.6 Å². The highest BCUT2D eigenvalue weighted by atomic mass is 31.1.